The first-order valence-electron chi connectivity index (χ1n) is 5.23. The number of hydrogen-bond acceptors (Lipinski definition) is 2. The topological polar surface area (TPSA) is 26.3 Å². The summed E-state index contributed by atoms with van der Waals surface area (Å²) in [7, 11) is -3.51. The van der Waals surface area contributed by atoms with Gasteiger partial charge in [-0.05, 0) is 19.1 Å². The quantitative estimate of drug-likeness (QED) is 0.485. The van der Waals surface area contributed by atoms with Crippen molar-refractivity contribution in [1.82, 2.24) is 0 Å². The van der Waals surface area contributed by atoms with Crippen molar-refractivity contribution in [3.8, 4) is 0 Å². The summed E-state index contributed by atoms with van der Waals surface area (Å²) in [6.07, 6.45) is 0. The molecule has 0 spiro atoms. The number of carbonyl (C=O) groups is 1. The molecule has 64 valence electrons. The van der Waals surface area contributed by atoms with Crippen molar-refractivity contribution >= 4 is 21.2 Å². The van der Waals surface area contributed by atoms with Crippen LogP contribution in [0.5, 0.6) is 0 Å². The predicted octanol–water partition coefficient (Wildman–Crippen LogP) is -0.146. The fourth-order valence-electron chi connectivity index (χ4n) is 0.821. The van der Waals surface area contributed by atoms with Crippen LogP contribution in [0.2, 0.25) is 0 Å². The molecular weight excluding hydrogens is 168 g/mol. The average molecular weight is 186 g/mol. The molecule has 1 aromatic carbocycles. The lowest BCUT2D eigenvalue weighted by atomic mass is 10.2. The first kappa shape index (κ1) is 5.53. The molecule has 0 amide bonds. The zero-order valence-electron chi connectivity index (χ0n) is 9.83. The third kappa shape index (κ3) is 2.20. The van der Waals surface area contributed by atoms with Gasteiger partial charge in [0.05, 0.1) is 12.2 Å². The third-order valence-electron chi connectivity index (χ3n) is 1.40. The highest BCUT2D eigenvalue weighted by molar-refractivity contribution is 6.32. The fourth-order valence-corrected chi connectivity index (χ4v) is 0.987. The molecule has 0 radical (unpaired) electrons. The number of esters is 1. The summed E-state index contributed by atoms with van der Waals surface area (Å²) < 4.78 is 26.6. The minimum atomic E-state index is -3.51. The highest BCUT2D eigenvalue weighted by atomic mass is 28.1. The first-order valence-corrected chi connectivity index (χ1v) is 4.23. The molecule has 0 saturated carbocycles. The Hall–Kier alpha value is -1.09. The zero-order valence-corrected chi connectivity index (χ0v) is 7.83. The smallest absolute Gasteiger partial charge is 0.338 e. The zero-order chi connectivity index (χ0) is 11.5. The molecule has 1 rings (SSSR count). The monoisotopic (exact) mass is 186 g/mol. The summed E-state index contributed by atoms with van der Waals surface area (Å²) in [6.45, 7) is 2.04. The highest BCUT2D eigenvalue weighted by Gasteiger charge is 2.03. The van der Waals surface area contributed by atoms with E-state index in [0.717, 1.165) is 0 Å². The first-order chi connectivity index (χ1) is 6.95. The van der Waals surface area contributed by atoms with Gasteiger partial charge in [0.15, 0.2) is 0 Å². The van der Waals surface area contributed by atoms with Crippen molar-refractivity contribution in [2.75, 3.05) is 6.61 Å². The van der Waals surface area contributed by atoms with Crippen molar-refractivity contribution in [3.63, 3.8) is 0 Å². The van der Waals surface area contributed by atoms with E-state index < -0.39 is 16.0 Å². The molecule has 3 heteroatoms. The summed E-state index contributed by atoms with van der Waals surface area (Å²) >= 11 is 0. The van der Waals surface area contributed by atoms with Crippen molar-refractivity contribution in [2.24, 2.45) is 0 Å². The highest BCUT2D eigenvalue weighted by Crippen LogP contribution is 1.98. The maximum Gasteiger partial charge on any atom is 0.338 e. The number of hydrogen-bond donors (Lipinski definition) is 0. The Kier molecular flexibility index (Phi) is 1.87. The van der Waals surface area contributed by atoms with Gasteiger partial charge in [0.25, 0.3) is 0 Å². The van der Waals surface area contributed by atoms with Crippen LogP contribution in [0.1, 0.15) is 17.3 Å². The van der Waals surface area contributed by atoms with Crippen LogP contribution in [0, 0.1) is 0 Å². The van der Waals surface area contributed by atoms with Crippen LogP contribution in [0.25, 0.3) is 0 Å². The number of rotatable bonds is 3. The normalized spacial score (nSPS) is 14.2. The summed E-state index contributed by atoms with van der Waals surface area (Å²) in [6, 6.07) is 5.94. The van der Waals surface area contributed by atoms with Gasteiger partial charge in [0.2, 0.25) is 0 Å². The van der Waals surface area contributed by atoms with Crippen LogP contribution < -0.4 is 5.19 Å². The van der Waals surface area contributed by atoms with E-state index in [1.54, 1.807) is 6.92 Å². The maximum absolute atomic E-state index is 11.3. The third-order valence-corrected chi connectivity index (χ3v) is 1.73. The van der Waals surface area contributed by atoms with Gasteiger partial charge in [-0.15, -0.1) is 0 Å². The van der Waals surface area contributed by atoms with Crippen LogP contribution in [0.15, 0.2) is 24.3 Å². The molecule has 0 heterocycles. The van der Waals surface area contributed by atoms with Crippen molar-refractivity contribution < 1.29 is 9.53 Å². The van der Waals surface area contributed by atoms with Gasteiger partial charge >= 0.3 is 5.97 Å². The van der Waals surface area contributed by atoms with E-state index in [1.807, 2.05) is 0 Å². The van der Waals surface area contributed by atoms with Gasteiger partial charge in [-0.1, -0.05) is 17.3 Å². The van der Waals surface area contributed by atoms with E-state index in [4.69, 9.17) is 8.44 Å². The lowest BCUT2D eigenvalue weighted by molar-refractivity contribution is 0.0526. The number of benzene rings is 1. The Morgan fingerprint density at radius 1 is 1.58 bits per heavy atom. The Balaban J connectivity index is 2.86. The Morgan fingerprint density at radius 3 is 2.75 bits per heavy atom. The molecule has 0 unspecified atom stereocenters. The van der Waals surface area contributed by atoms with Crippen LogP contribution >= 0.6 is 0 Å². The molecule has 0 aliphatic carbocycles. The Bertz CT molecular complexity index is 345. The second-order valence-electron chi connectivity index (χ2n) is 2.30. The lowest BCUT2D eigenvalue weighted by Crippen LogP contribution is -2.07. The van der Waals surface area contributed by atoms with Crippen LogP contribution in [-0.4, -0.2) is 26.3 Å². The van der Waals surface area contributed by atoms with E-state index in [2.05, 4.69) is 0 Å². The number of carbonyl (C=O) groups excluding carboxylic acids is 1. The van der Waals surface area contributed by atoms with Gasteiger partial charge in [-0.25, -0.2) is 4.79 Å². The van der Waals surface area contributed by atoms with Gasteiger partial charge in [-0.3, -0.25) is 0 Å². The van der Waals surface area contributed by atoms with E-state index in [1.165, 1.54) is 24.3 Å². The second kappa shape index (κ2) is 4.06. The minimum Gasteiger partial charge on any atom is -0.462 e. The van der Waals surface area contributed by atoms with Crippen molar-refractivity contribution in [1.29, 1.82) is 3.70 Å². The van der Waals surface area contributed by atoms with Gasteiger partial charge in [0, 0.05) is 13.7 Å². The summed E-state index contributed by atoms with van der Waals surface area (Å²) in [5.41, 5.74) is 0.388. The van der Waals surface area contributed by atoms with Crippen LogP contribution in [0.4, 0.5) is 0 Å². The molecule has 0 aromatic heterocycles. The standard InChI is InChI=1S/C9H12O2Si/c1-2-11-9(10)7-3-5-8(12)6-4-7/h3-6H,2H2,1,12H3/i12T3. The molecule has 0 N–H and O–H groups in total. The molecule has 2 nitrogen and oxygen atoms in total. The molecular formula is C9H12O2Si. The molecule has 0 bridgehead atoms. The summed E-state index contributed by atoms with van der Waals surface area (Å²) in [5.74, 6) is -0.420. The second-order valence-corrected chi connectivity index (χ2v) is 2.88. The van der Waals surface area contributed by atoms with Crippen LogP contribution in [-0.2, 0) is 4.74 Å². The molecule has 0 saturated heterocycles. The van der Waals surface area contributed by atoms with E-state index in [0.29, 0.717) is 17.4 Å². The average Bonchev–Trinajstić information content (AvgIpc) is 2.17. The maximum atomic E-state index is 11.3. The molecule has 12 heavy (non-hydrogen) atoms. The minimum absolute atomic E-state index is 0.314. The van der Waals surface area contributed by atoms with Gasteiger partial charge in [-0.2, -0.15) is 0 Å². The fraction of sp³-hybridized carbons (Fsp3) is 0.222. The molecule has 0 aliphatic rings. The predicted molar refractivity (Wildman–Crippen MR) is 52.0 cm³/mol. The molecule has 1 aromatic rings. The molecule has 0 fully saturated rings. The van der Waals surface area contributed by atoms with Gasteiger partial charge < -0.3 is 4.74 Å². The van der Waals surface area contributed by atoms with Crippen LogP contribution in [0.3, 0.4) is 0 Å². The summed E-state index contributed by atoms with van der Waals surface area (Å²) in [4.78, 5) is 11.3. The van der Waals surface area contributed by atoms with E-state index >= 15 is 0 Å². The van der Waals surface area contributed by atoms with Crippen molar-refractivity contribution in [2.45, 2.75) is 6.92 Å². The van der Waals surface area contributed by atoms with E-state index in [9.17, 15) is 4.79 Å². The van der Waals surface area contributed by atoms with Crippen molar-refractivity contribution in [3.05, 3.63) is 29.8 Å². The SMILES string of the molecule is [3H][Si]([3H])([3H])c1ccc(C(=O)OCC)cc1. The van der Waals surface area contributed by atoms with Gasteiger partial charge in [0.1, 0.15) is 0 Å². The lowest BCUT2D eigenvalue weighted by Gasteiger charge is -2.00. The van der Waals surface area contributed by atoms with E-state index in [-0.39, 0.29) is 0 Å². The Morgan fingerprint density at radius 2 is 2.25 bits per heavy atom. The Labute approximate surface area is 78.6 Å². The molecule has 0 atom stereocenters. The number of ether oxygens (including phenoxy) is 1. The molecule has 0 aliphatic heterocycles. The summed E-state index contributed by atoms with van der Waals surface area (Å²) in [5, 5.41) is 0.357. The largest absolute Gasteiger partial charge is 0.462 e.